The second-order valence-electron chi connectivity index (χ2n) is 4.87. The summed E-state index contributed by atoms with van der Waals surface area (Å²) in [6.45, 7) is 0.558. The van der Waals surface area contributed by atoms with Crippen molar-refractivity contribution in [2.24, 2.45) is 5.73 Å². The minimum absolute atomic E-state index is 0.393. The molecule has 2 N–H and O–H groups in total. The Morgan fingerprint density at radius 2 is 2.05 bits per heavy atom. The first-order valence-corrected chi connectivity index (χ1v) is 6.60. The van der Waals surface area contributed by atoms with Gasteiger partial charge in [0, 0.05) is 31.0 Å². The number of rotatable bonds is 4. The highest BCUT2D eigenvalue weighted by molar-refractivity contribution is 7.80. The van der Waals surface area contributed by atoms with Gasteiger partial charge in [-0.2, -0.15) is 0 Å². The SMILES string of the molecule is NC(=S)CCn1c(C2CC2)nc2cc(F)c(F)cc21. The average Bonchev–Trinajstić information content (AvgIpc) is 3.12. The van der Waals surface area contributed by atoms with E-state index in [1.54, 1.807) is 0 Å². The standard InChI is InChI=1S/C13H13F2N3S/c14-8-5-10-11(6-9(8)15)18(4-3-12(16)19)13(17-10)7-1-2-7/h5-7H,1-4H2,(H2,16,19). The molecular weight excluding hydrogens is 268 g/mol. The van der Waals surface area contributed by atoms with E-state index in [9.17, 15) is 8.78 Å². The van der Waals surface area contributed by atoms with E-state index < -0.39 is 11.6 Å². The zero-order chi connectivity index (χ0) is 13.6. The van der Waals surface area contributed by atoms with Gasteiger partial charge in [0.15, 0.2) is 11.6 Å². The summed E-state index contributed by atoms with van der Waals surface area (Å²) in [4.78, 5) is 4.84. The molecule has 100 valence electrons. The van der Waals surface area contributed by atoms with Crippen LogP contribution in [0.25, 0.3) is 11.0 Å². The highest BCUT2D eigenvalue weighted by atomic mass is 32.1. The number of aromatic nitrogens is 2. The lowest BCUT2D eigenvalue weighted by Crippen LogP contribution is -2.13. The fourth-order valence-electron chi connectivity index (χ4n) is 2.25. The van der Waals surface area contributed by atoms with E-state index in [0.717, 1.165) is 24.7 Å². The fourth-order valence-corrected chi connectivity index (χ4v) is 2.34. The van der Waals surface area contributed by atoms with E-state index >= 15 is 0 Å². The Hall–Kier alpha value is -1.56. The van der Waals surface area contributed by atoms with Crippen molar-refractivity contribution in [1.82, 2.24) is 9.55 Å². The first kappa shape index (κ1) is 12.5. The molecule has 1 saturated carbocycles. The maximum absolute atomic E-state index is 13.4. The lowest BCUT2D eigenvalue weighted by molar-refractivity contribution is 0.510. The summed E-state index contributed by atoms with van der Waals surface area (Å²) in [6.07, 6.45) is 2.67. The fraction of sp³-hybridized carbons (Fsp3) is 0.385. The third kappa shape index (κ3) is 2.32. The summed E-state index contributed by atoms with van der Waals surface area (Å²) in [5, 5.41) is 0. The van der Waals surface area contributed by atoms with Crippen LogP contribution in [0.1, 0.15) is 31.0 Å². The van der Waals surface area contributed by atoms with Crippen molar-refractivity contribution >= 4 is 28.2 Å². The minimum Gasteiger partial charge on any atom is -0.393 e. The number of hydrogen-bond donors (Lipinski definition) is 1. The van der Waals surface area contributed by atoms with E-state index in [1.165, 1.54) is 6.07 Å². The van der Waals surface area contributed by atoms with E-state index in [4.69, 9.17) is 18.0 Å². The summed E-state index contributed by atoms with van der Waals surface area (Å²) in [7, 11) is 0. The maximum atomic E-state index is 13.4. The van der Waals surface area contributed by atoms with Gasteiger partial charge in [-0.15, -0.1) is 0 Å². The molecule has 0 unspecified atom stereocenters. The van der Waals surface area contributed by atoms with Crippen molar-refractivity contribution in [2.45, 2.75) is 31.7 Å². The van der Waals surface area contributed by atoms with Crippen LogP contribution in [-0.2, 0) is 6.54 Å². The molecule has 19 heavy (non-hydrogen) atoms. The number of nitrogens with two attached hydrogens (primary N) is 1. The highest BCUT2D eigenvalue weighted by Crippen LogP contribution is 2.40. The van der Waals surface area contributed by atoms with Crippen LogP contribution in [0.5, 0.6) is 0 Å². The number of hydrogen-bond acceptors (Lipinski definition) is 2. The molecule has 1 fully saturated rings. The molecule has 0 radical (unpaired) electrons. The lowest BCUT2D eigenvalue weighted by atomic mass is 10.3. The first-order chi connectivity index (χ1) is 9.06. The van der Waals surface area contributed by atoms with Crippen LogP contribution in [0, 0.1) is 11.6 Å². The molecule has 1 aliphatic carbocycles. The number of fused-ring (bicyclic) bond motifs is 1. The summed E-state index contributed by atoms with van der Waals surface area (Å²) in [6, 6.07) is 2.34. The number of thiocarbonyl (C=S) groups is 1. The van der Waals surface area contributed by atoms with Gasteiger partial charge in [0.05, 0.1) is 16.0 Å². The van der Waals surface area contributed by atoms with Crippen LogP contribution in [0.4, 0.5) is 8.78 Å². The summed E-state index contributed by atoms with van der Waals surface area (Å²) in [5.74, 6) is -0.443. The monoisotopic (exact) mass is 281 g/mol. The van der Waals surface area contributed by atoms with Crippen LogP contribution in [0.15, 0.2) is 12.1 Å². The van der Waals surface area contributed by atoms with Crippen LogP contribution in [-0.4, -0.2) is 14.5 Å². The van der Waals surface area contributed by atoms with Crippen LogP contribution >= 0.6 is 12.2 Å². The lowest BCUT2D eigenvalue weighted by Gasteiger charge is -2.08. The largest absolute Gasteiger partial charge is 0.393 e. The van der Waals surface area contributed by atoms with Crippen LogP contribution < -0.4 is 5.73 Å². The van der Waals surface area contributed by atoms with Crippen molar-refractivity contribution in [1.29, 1.82) is 0 Å². The van der Waals surface area contributed by atoms with Gasteiger partial charge in [0.25, 0.3) is 0 Å². The number of imidazole rings is 1. The summed E-state index contributed by atoms with van der Waals surface area (Å²) >= 11 is 4.87. The van der Waals surface area contributed by atoms with Crippen molar-refractivity contribution in [2.75, 3.05) is 0 Å². The molecule has 0 bridgehead atoms. The van der Waals surface area contributed by atoms with E-state index in [2.05, 4.69) is 4.98 Å². The van der Waals surface area contributed by atoms with Gasteiger partial charge in [-0.25, -0.2) is 13.8 Å². The Balaban J connectivity index is 2.11. The first-order valence-electron chi connectivity index (χ1n) is 6.19. The molecule has 0 atom stereocenters. The Bertz CT molecular complexity index is 661. The third-order valence-corrected chi connectivity index (χ3v) is 3.55. The molecule has 0 amide bonds. The van der Waals surface area contributed by atoms with E-state index in [-0.39, 0.29) is 0 Å². The molecule has 1 heterocycles. The zero-order valence-electron chi connectivity index (χ0n) is 10.2. The van der Waals surface area contributed by atoms with Crippen molar-refractivity contribution in [3.63, 3.8) is 0 Å². The molecule has 0 aliphatic heterocycles. The van der Waals surface area contributed by atoms with E-state index in [1.807, 2.05) is 4.57 Å². The number of halogens is 2. The Kier molecular flexibility index (Phi) is 2.97. The van der Waals surface area contributed by atoms with Gasteiger partial charge in [-0.3, -0.25) is 0 Å². The van der Waals surface area contributed by atoms with Crippen molar-refractivity contribution in [3.05, 3.63) is 29.6 Å². The summed E-state index contributed by atoms with van der Waals surface area (Å²) in [5.41, 5.74) is 6.61. The van der Waals surface area contributed by atoms with Crippen LogP contribution in [0.3, 0.4) is 0 Å². The molecule has 1 aromatic heterocycles. The quantitative estimate of drug-likeness (QED) is 0.876. The van der Waals surface area contributed by atoms with Crippen molar-refractivity contribution in [3.8, 4) is 0 Å². The molecule has 1 aromatic carbocycles. The zero-order valence-corrected chi connectivity index (χ0v) is 11.0. The Morgan fingerprint density at radius 1 is 1.37 bits per heavy atom. The van der Waals surface area contributed by atoms with Crippen molar-refractivity contribution < 1.29 is 8.78 Å². The number of benzene rings is 1. The predicted molar refractivity (Wildman–Crippen MR) is 73.0 cm³/mol. The molecular formula is C13H13F2N3S. The predicted octanol–water partition coefficient (Wildman–Crippen LogP) is 2.87. The second-order valence-corrected chi connectivity index (χ2v) is 5.39. The molecule has 3 rings (SSSR count). The topological polar surface area (TPSA) is 43.8 Å². The highest BCUT2D eigenvalue weighted by Gasteiger charge is 2.29. The summed E-state index contributed by atoms with van der Waals surface area (Å²) < 4.78 is 28.6. The second kappa shape index (κ2) is 4.52. The Labute approximate surface area is 114 Å². The molecule has 0 spiro atoms. The van der Waals surface area contributed by atoms with Gasteiger partial charge in [0.2, 0.25) is 0 Å². The smallest absolute Gasteiger partial charge is 0.161 e. The minimum atomic E-state index is -0.867. The van der Waals surface area contributed by atoms with Gasteiger partial charge in [-0.1, -0.05) is 12.2 Å². The van der Waals surface area contributed by atoms with Gasteiger partial charge >= 0.3 is 0 Å². The number of aryl methyl sites for hydroxylation is 1. The van der Waals surface area contributed by atoms with Gasteiger partial charge < -0.3 is 10.3 Å². The van der Waals surface area contributed by atoms with Gasteiger partial charge in [-0.05, 0) is 12.8 Å². The van der Waals surface area contributed by atoms with Gasteiger partial charge in [0.1, 0.15) is 5.82 Å². The Morgan fingerprint density at radius 3 is 2.68 bits per heavy atom. The molecule has 0 saturated heterocycles. The molecule has 3 nitrogen and oxygen atoms in total. The maximum Gasteiger partial charge on any atom is 0.161 e. The third-order valence-electron chi connectivity index (χ3n) is 3.34. The molecule has 2 aromatic rings. The van der Waals surface area contributed by atoms with E-state index in [0.29, 0.717) is 34.9 Å². The van der Waals surface area contributed by atoms with Crippen LogP contribution in [0.2, 0.25) is 0 Å². The molecule has 1 aliphatic rings. The number of nitrogens with zero attached hydrogens (tertiary/aromatic N) is 2. The normalized spacial score (nSPS) is 15.1. The molecule has 6 heteroatoms. The average molecular weight is 281 g/mol.